The van der Waals surface area contributed by atoms with E-state index in [0.29, 0.717) is 5.56 Å². The zero-order valence-electron chi connectivity index (χ0n) is 11.0. The van der Waals surface area contributed by atoms with Gasteiger partial charge in [0.05, 0.1) is 0 Å². The molecule has 0 spiro atoms. The van der Waals surface area contributed by atoms with Crippen molar-refractivity contribution in [3.05, 3.63) is 35.9 Å². The molecule has 19 heavy (non-hydrogen) atoms. The van der Waals surface area contributed by atoms with Crippen LogP contribution in [0.25, 0.3) is 0 Å². The van der Waals surface area contributed by atoms with E-state index in [1.54, 1.807) is 24.3 Å². The van der Waals surface area contributed by atoms with Gasteiger partial charge < -0.3 is 15.5 Å². The molecule has 2 rings (SSSR count). The number of amides is 1. The van der Waals surface area contributed by atoms with Gasteiger partial charge in [-0.2, -0.15) is 0 Å². The summed E-state index contributed by atoms with van der Waals surface area (Å²) in [6.07, 6.45) is 2.82. The Kier molecular flexibility index (Phi) is 4.93. The Hall–Kier alpha value is -1.39. The van der Waals surface area contributed by atoms with Crippen molar-refractivity contribution in [3.63, 3.8) is 0 Å². The lowest BCUT2D eigenvalue weighted by atomic mass is 9.85. The molecule has 0 aromatic heterocycles. The van der Waals surface area contributed by atoms with Crippen molar-refractivity contribution in [1.29, 1.82) is 0 Å². The second kappa shape index (κ2) is 6.68. The molecule has 1 amide bonds. The molecule has 1 aliphatic rings. The molecule has 0 aliphatic heterocycles. The molecule has 4 nitrogen and oxygen atoms in total. The molecule has 1 aliphatic carbocycles. The van der Waals surface area contributed by atoms with Gasteiger partial charge in [0, 0.05) is 18.6 Å². The summed E-state index contributed by atoms with van der Waals surface area (Å²) in [5.74, 6) is -0.266. The minimum Gasteiger partial charge on any atom is -0.396 e. The molecule has 0 heterocycles. The lowest BCUT2D eigenvalue weighted by Crippen LogP contribution is -2.45. The molecule has 0 radical (unpaired) electrons. The minimum absolute atomic E-state index is 0.0235. The Balaban J connectivity index is 1.96. The summed E-state index contributed by atoms with van der Waals surface area (Å²) in [7, 11) is 0. The van der Waals surface area contributed by atoms with Crippen LogP contribution in [-0.4, -0.2) is 28.8 Å². The lowest BCUT2D eigenvalue weighted by molar-refractivity contribution is -0.131. The fraction of sp³-hybridized carbons (Fsp3) is 0.533. The number of aliphatic hydroxyl groups excluding tert-OH is 2. The van der Waals surface area contributed by atoms with Gasteiger partial charge in [0.25, 0.3) is 5.91 Å². The number of benzene rings is 1. The van der Waals surface area contributed by atoms with Crippen molar-refractivity contribution in [2.24, 2.45) is 5.92 Å². The smallest absolute Gasteiger partial charge is 0.253 e. The lowest BCUT2D eigenvalue weighted by Gasteiger charge is -2.31. The maximum Gasteiger partial charge on any atom is 0.253 e. The molecular formula is C15H21NO3. The summed E-state index contributed by atoms with van der Waals surface area (Å²) < 4.78 is 0. The first-order valence-corrected chi connectivity index (χ1v) is 6.86. The molecule has 1 aromatic rings. The van der Waals surface area contributed by atoms with Gasteiger partial charge in [-0.05, 0) is 18.4 Å². The van der Waals surface area contributed by atoms with Crippen molar-refractivity contribution < 1.29 is 15.0 Å². The highest BCUT2D eigenvalue weighted by Crippen LogP contribution is 2.24. The summed E-state index contributed by atoms with van der Waals surface area (Å²) in [4.78, 5) is 12.0. The molecule has 3 N–H and O–H groups in total. The van der Waals surface area contributed by atoms with Crippen molar-refractivity contribution in [1.82, 2.24) is 5.32 Å². The molecule has 1 fully saturated rings. The highest BCUT2D eigenvalue weighted by Gasteiger charge is 2.28. The normalized spacial score (nSPS) is 24.7. The van der Waals surface area contributed by atoms with E-state index >= 15 is 0 Å². The third kappa shape index (κ3) is 3.55. The van der Waals surface area contributed by atoms with E-state index in [4.69, 9.17) is 0 Å². The number of nitrogens with one attached hydrogen (secondary N) is 1. The van der Waals surface area contributed by atoms with Gasteiger partial charge in [0.2, 0.25) is 0 Å². The molecule has 1 aromatic carbocycles. The summed E-state index contributed by atoms with van der Waals surface area (Å²) in [5, 5.41) is 22.2. The fourth-order valence-electron chi connectivity index (χ4n) is 2.66. The standard InChI is InChI=1S/C15H21NO3/c17-10-12-8-4-5-9-13(12)16-15(19)14(18)11-6-2-1-3-7-11/h1-3,6-7,12-14,17-18H,4-5,8-10H2,(H,16,19). The number of carbonyl (C=O) groups excluding carboxylic acids is 1. The monoisotopic (exact) mass is 263 g/mol. The Morgan fingerprint density at radius 1 is 1.26 bits per heavy atom. The third-order valence-corrected chi connectivity index (χ3v) is 3.83. The Morgan fingerprint density at radius 2 is 1.95 bits per heavy atom. The molecule has 104 valence electrons. The van der Waals surface area contributed by atoms with Crippen LogP contribution < -0.4 is 5.32 Å². The maximum atomic E-state index is 12.0. The van der Waals surface area contributed by atoms with Gasteiger partial charge >= 0.3 is 0 Å². The van der Waals surface area contributed by atoms with Crippen LogP contribution in [0, 0.1) is 5.92 Å². The van der Waals surface area contributed by atoms with Crippen LogP contribution in [0.3, 0.4) is 0 Å². The Labute approximate surface area is 113 Å². The van der Waals surface area contributed by atoms with Gasteiger partial charge in [-0.3, -0.25) is 4.79 Å². The summed E-state index contributed by atoms with van der Waals surface area (Å²) >= 11 is 0. The third-order valence-electron chi connectivity index (χ3n) is 3.83. The second-order valence-corrected chi connectivity index (χ2v) is 5.16. The Bertz CT molecular complexity index is 407. The van der Waals surface area contributed by atoms with E-state index in [9.17, 15) is 15.0 Å². The highest BCUT2D eigenvalue weighted by molar-refractivity contribution is 5.82. The van der Waals surface area contributed by atoms with Crippen LogP contribution in [-0.2, 0) is 4.79 Å². The van der Waals surface area contributed by atoms with Crippen molar-refractivity contribution in [2.75, 3.05) is 6.61 Å². The SMILES string of the molecule is O=C(NC1CCCCC1CO)C(O)c1ccccc1. The minimum atomic E-state index is -1.14. The molecule has 3 atom stereocenters. The molecule has 3 unspecified atom stereocenters. The van der Waals surface area contributed by atoms with Crippen molar-refractivity contribution in [3.8, 4) is 0 Å². The van der Waals surface area contributed by atoms with Gasteiger partial charge in [0.1, 0.15) is 0 Å². The van der Waals surface area contributed by atoms with E-state index in [1.165, 1.54) is 0 Å². The predicted molar refractivity (Wildman–Crippen MR) is 72.4 cm³/mol. The molecule has 4 heteroatoms. The van der Waals surface area contributed by atoms with Crippen LogP contribution in [0.1, 0.15) is 37.4 Å². The van der Waals surface area contributed by atoms with Crippen molar-refractivity contribution in [2.45, 2.75) is 37.8 Å². The first-order chi connectivity index (χ1) is 9.22. The van der Waals surface area contributed by atoms with Gasteiger partial charge in [-0.15, -0.1) is 0 Å². The first kappa shape index (κ1) is 14.0. The number of carbonyl (C=O) groups is 1. The average Bonchev–Trinajstić information content (AvgIpc) is 2.48. The molecule has 1 saturated carbocycles. The fourth-order valence-corrected chi connectivity index (χ4v) is 2.66. The zero-order chi connectivity index (χ0) is 13.7. The van der Waals surface area contributed by atoms with Crippen LogP contribution >= 0.6 is 0 Å². The van der Waals surface area contributed by atoms with Gasteiger partial charge in [0.15, 0.2) is 6.10 Å². The number of hydrogen-bond acceptors (Lipinski definition) is 3. The number of hydrogen-bond donors (Lipinski definition) is 3. The van der Waals surface area contributed by atoms with Crippen LogP contribution in [0.2, 0.25) is 0 Å². The Morgan fingerprint density at radius 3 is 2.63 bits per heavy atom. The summed E-state index contributed by atoms with van der Waals surface area (Å²) in [6, 6.07) is 8.87. The van der Waals surface area contributed by atoms with Crippen LogP contribution in [0.5, 0.6) is 0 Å². The van der Waals surface area contributed by atoms with E-state index in [2.05, 4.69) is 5.32 Å². The average molecular weight is 263 g/mol. The highest BCUT2D eigenvalue weighted by atomic mass is 16.3. The van der Waals surface area contributed by atoms with E-state index < -0.39 is 6.10 Å². The number of rotatable bonds is 4. The zero-order valence-corrected chi connectivity index (χ0v) is 11.0. The van der Waals surface area contributed by atoms with Gasteiger partial charge in [-0.25, -0.2) is 0 Å². The predicted octanol–water partition coefficient (Wildman–Crippen LogP) is 1.39. The second-order valence-electron chi connectivity index (χ2n) is 5.16. The van der Waals surface area contributed by atoms with E-state index in [1.807, 2.05) is 6.07 Å². The van der Waals surface area contributed by atoms with Crippen molar-refractivity contribution >= 4 is 5.91 Å². The first-order valence-electron chi connectivity index (χ1n) is 6.86. The summed E-state index contributed by atoms with van der Waals surface area (Å²) in [5.41, 5.74) is 0.594. The van der Waals surface area contributed by atoms with Crippen LogP contribution in [0.4, 0.5) is 0 Å². The molecule has 0 saturated heterocycles. The van der Waals surface area contributed by atoms with Crippen LogP contribution in [0.15, 0.2) is 30.3 Å². The number of aliphatic hydroxyl groups is 2. The quantitative estimate of drug-likeness (QED) is 0.769. The van der Waals surface area contributed by atoms with Gasteiger partial charge in [-0.1, -0.05) is 43.2 Å². The largest absolute Gasteiger partial charge is 0.396 e. The molecule has 0 bridgehead atoms. The van der Waals surface area contributed by atoms with E-state index in [0.717, 1.165) is 25.7 Å². The maximum absolute atomic E-state index is 12.0. The van der Waals surface area contributed by atoms with E-state index in [-0.39, 0.29) is 24.5 Å². The summed E-state index contributed by atoms with van der Waals surface area (Å²) in [6.45, 7) is 0.0897. The molecular weight excluding hydrogens is 242 g/mol. The topological polar surface area (TPSA) is 69.6 Å².